The van der Waals surface area contributed by atoms with Crippen LogP contribution in [-0.4, -0.2) is 11.1 Å². The van der Waals surface area contributed by atoms with Crippen LogP contribution in [0.2, 0.25) is 0 Å². The summed E-state index contributed by atoms with van der Waals surface area (Å²) in [5, 5.41) is 9.71. The van der Waals surface area contributed by atoms with Gasteiger partial charge in [0.25, 0.3) is 0 Å². The number of carboxylic acid groups (broad SMARTS) is 1. The molecule has 0 radical (unpaired) electrons. The van der Waals surface area contributed by atoms with E-state index in [-0.39, 0.29) is 10.8 Å². The zero-order valence-electron chi connectivity index (χ0n) is 15.2. The van der Waals surface area contributed by atoms with Gasteiger partial charge in [-0.25, -0.2) is 0 Å². The first kappa shape index (κ1) is 17.3. The summed E-state index contributed by atoms with van der Waals surface area (Å²) in [6.45, 7) is 6.91. The summed E-state index contributed by atoms with van der Waals surface area (Å²) in [4.78, 5) is 11.8. The molecule has 24 heavy (non-hydrogen) atoms. The average molecular weight is 330 g/mol. The van der Waals surface area contributed by atoms with Crippen LogP contribution in [0.1, 0.15) is 64.9 Å². The molecule has 3 nitrogen and oxygen atoms in total. The van der Waals surface area contributed by atoms with Crippen LogP contribution in [0.15, 0.2) is 34.7 Å². The monoisotopic (exact) mass is 330 g/mol. The summed E-state index contributed by atoms with van der Waals surface area (Å²) in [5.74, 6) is 0.261. The van der Waals surface area contributed by atoms with E-state index in [4.69, 9.17) is 4.42 Å². The molecule has 0 aliphatic heterocycles. The Balaban J connectivity index is 1.97. The minimum atomic E-state index is -0.648. The Morgan fingerprint density at radius 2 is 2.21 bits per heavy atom. The number of carbonyl (C=O) groups is 1. The topological polar surface area (TPSA) is 50.4 Å². The number of aryl methyl sites for hydroxylation is 1. The predicted molar refractivity (Wildman–Crippen MR) is 94.7 cm³/mol. The van der Waals surface area contributed by atoms with E-state index in [1.807, 2.05) is 6.07 Å². The van der Waals surface area contributed by atoms with Crippen molar-refractivity contribution in [3.05, 3.63) is 35.8 Å². The van der Waals surface area contributed by atoms with Gasteiger partial charge in [-0.15, -0.1) is 0 Å². The van der Waals surface area contributed by atoms with Gasteiger partial charge in [-0.05, 0) is 79.7 Å². The van der Waals surface area contributed by atoms with Crippen molar-refractivity contribution >= 4 is 5.97 Å². The molecule has 1 aromatic heterocycles. The Labute approximate surface area is 145 Å². The quantitative estimate of drug-likeness (QED) is 0.729. The Hall–Kier alpha value is -1.51. The highest BCUT2D eigenvalue weighted by molar-refractivity contribution is 5.68. The molecule has 2 aliphatic rings. The molecule has 3 rings (SSSR count). The summed E-state index contributed by atoms with van der Waals surface area (Å²) in [7, 11) is 0. The first-order valence-electron chi connectivity index (χ1n) is 9.28. The molecule has 0 saturated heterocycles. The Morgan fingerprint density at radius 3 is 2.88 bits per heavy atom. The largest absolute Gasteiger partial charge is 0.481 e. The zero-order valence-corrected chi connectivity index (χ0v) is 15.2. The van der Waals surface area contributed by atoms with E-state index in [2.05, 4.69) is 26.8 Å². The summed E-state index contributed by atoms with van der Waals surface area (Å²) < 4.78 is 5.21. The van der Waals surface area contributed by atoms with Gasteiger partial charge in [0.15, 0.2) is 0 Å². The van der Waals surface area contributed by atoms with Crippen molar-refractivity contribution in [3.8, 4) is 0 Å². The van der Waals surface area contributed by atoms with E-state index in [0.29, 0.717) is 18.3 Å². The Kier molecular flexibility index (Phi) is 4.63. The fourth-order valence-corrected chi connectivity index (χ4v) is 5.63. The fraction of sp³-hybridized carbons (Fsp3) is 0.667. The lowest BCUT2D eigenvalue weighted by Crippen LogP contribution is -2.52. The first-order chi connectivity index (χ1) is 11.4. The molecule has 1 fully saturated rings. The van der Waals surface area contributed by atoms with Gasteiger partial charge >= 0.3 is 5.97 Å². The second-order valence-corrected chi connectivity index (χ2v) is 8.31. The standard InChI is InChI=1S/C21H30O3/c1-15-5-4-6-18-20(15,3)10-7-16(2)21(18,13-19(22)23)11-8-17-9-12-24-14-17/h5,9,12,14,16,18H,4,6-8,10-11,13H2,1-3H3,(H,22,23)/t16-,18+,20+,21-/m1/s1. The molecule has 4 atom stereocenters. The third kappa shape index (κ3) is 2.82. The highest BCUT2D eigenvalue weighted by atomic mass is 16.4. The van der Waals surface area contributed by atoms with Crippen LogP contribution in [0, 0.1) is 22.7 Å². The van der Waals surface area contributed by atoms with Crippen molar-refractivity contribution in [2.45, 2.75) is 65.7 Å². The van der Waals surface area contributed by atoms with Crippen LogP contribution in [-0.2, 0) is 11.2 Å². The van der Waals surface area contributed by atoms with Crippen LogP contribution in [0.25, 0.3) is 0 Å². The molecule has 0 spiro atoms. The average Bonchev–Trinajstić information content (AvgIpc) is 3.04. The van der Waals surface area contributed by atoms with Crippen molar-refractivity contribution in [2.75, 3.05) is 0 Å². The molecule has 3 heteroatoms. The van der Waals surface area contributed by atoms with E-state index >= 15 is 0 Å². The van der Waals surface area contributed by atoms with Crippen molar-refractivity contribution in [1.82, 2.24) is 0 Å². The Morgan fingerprint density at radius 1 is 1.42 bits per heavy atom. The minimum Gasteiger partial charge on any atom is -0.481 e. The SMILES string of the molecule is CC1=CCC[C@@H]2[C@](CCc3ccoc3)(CC(=O)O)[C@H](C)CC[C@@]12C. The van der Waals surface area contributed by atoms with Crippen molar-refractivity contribution in [3.63, 3.8) is 0 Å². The smallest absolute Gasteiger partial charge is 0.303 e. The lowest BCUT2D eigenvalue weighted by molar-refractivity contribution is -0.147. The maximum absolute atomic E-state index is 11.8. The summed E-state index contributed by atoms with van der Waals surface area (Å²) in [6, 6.07) is 2.01. The molecule has 1 N–H and O–H groups in total. The minimum absolute atomic E-state index is 0.119. The second kappa shape index (κ2) is 6.42. The lowest BCUT2D eigenvalue weighted by Gasteiger charge is -2.59. The van der Waals surface area contributed by atoms with Gasteiger partial charge in [0.05, 0.1) is 18.9 Å². The zero-order chi connectivity index (χ0) is 17.4. The summed E-state index contributed by atoms with van der Waals surface area (Å²) in [6.07, 6.45) is 12.5. The van der Waals surface area contributed by atoms with Gasteiger partial charge in [-0.1, -0.05) is 25.5 Å². The van der Waals surface area contributed by atoms with Gasteiger partial charge in [0.2, 0.25) is 0 Å². The van der Waals surface area contributed by atoms with Crippen LogP contribution in [0.3, 0.4) is 0 Å². The Bertz CT molecular complexity index is 615. The van der Waals surface area contributed by atoms with Gasteiger partial charge in [-0.2, -0.15) is 0 Å². The van der Waals surface area contributed by atoms with E-state index in [0.717, 1.165) is 32.1 Å². The van der Waals surface area contributed by atoms with Crippen molar-refractivity contribution in [2.24, 2.45) is 22.7 Å². The molecule has 1 heterocycles. The van der Waals surface area contributed by atoms with Gasteiger partial charge in [0, 0.05) is 0 Å². The maximum atomic E-state index is 11.8. The van der Waals surface area contributed by atoms with E-state index in [1.165, 1.54) is 17.6 Å². The second-order valence-electron chi connectivity index (χ2n) is 8.31. The summed E-state index contributed by atoms with van der Waals surface area (Å²) in [5.41, 5.74) is 2.70. The molecule has 1 aromatic rings. The molecular formula is C21H30O3. The molecule has 1 saturated carbocycles. The van der Waals surface area contributed by atoms with Gasteiger partial charge in [-0.3, -0.25) is 4.79 Å². The molecule has 2 aliphatic carbocycles. The van der Waals surface area contributed by atoms with Crippen LogP contribution in [0.5, 0.6) is 0 Å². The molecule has 0 unspecified atom stereocenters. The molecule has 0 amide bonds. The van der Waals surface area contributed by atoms with Crippen LogP contribution in [0.4, 0.5) is 0 Å². The lowest BCUT2D eigenvalue weighted by atomic mass is 9.45. The van der Waals surface area contributed by atoms with Crippen LogP contribution < -0.4 is 0 Å². The van der Waals surface area contributed by atoms with Gasteiger partial charge in [0.1, 0.15) is 0 Å². The van der Waals surface area contributed by atoms with Gasteiger partial charge < -0.3 is 9.52 Å². The molecular weight excluding hydrogens is 300 g/mol. The number of hydrogen-bond donors (Lipinski definition) is 1. The number of rotatable bonds is 5. The first-order valence-corrected chi connectivity index (χ1v) is 9.28. The van der Waals surface area contributed by atoms with E-state index in [1.54, 1.807) is 12.5 Å². The highest BCUT2D eigenvalue weighted by Crippen LogP contribution is 2.63. The van der Waals surface area contributed by atoms with E-state index in [9.17, 15) is 9.90 Å². The fourth-order valence-electron chi connectivity index (χ4n) is 5.63. The maximum Gasteiger partial charge on any atom is 0.303 e. The van der Waals surface area contributed by atoms with E-state index < -0.39 is 5.97 Å². The molecule has 132 valence electrons. The molecule has 0 aromatic carbocycles. The molecule has 0 bridgehead atoms. The van der Waals surface area contributed by atoms with Crippen molar-refractivity contribution in [1.29, 1.82) is 0 Å². The third-order valence-electron chi connectivity index (χ3n) is 7.29. The number of allylic oxidation sites excluding steroid dienone is 2. The van der Waals surface area contributed by atoms with Crippen molar-refractivity contribution < 1.29 is 14.3 Å². The number of hydrogen-bond acceptors (Lipinski definition) is 2. The predicted octanol–water partition coefficient (Wildman–Crippen LogP) is 5.47. The number of aliphatic carboxylic acids is 1. The van der Waals surface area contributed by atoms with Crippen LogP contribution >= 0.6 is 0 Å². The number of carboxylic acids is 1. The normalized spacial score (nSPS) is 36.0. The summed E-state index contributed by atoms with van der Waals surface area (Å²) >= 11 is 0. The third-order valence-corrected chi connectivity index (χ3v) is 7.29. The number of fused-ring (bicyclic) bond motifs is 1. The number of furan rings is 1. The highest BCUT2D eigenvalue weighted by Gasteiger charge is 2.55.